The maximum absolute atomic E-state index is 11.8. The van der Waals surface area contributed by atoms with Crippen molar-refractivity contribution in [1.29, 1.82) is 0 Å². The fraction of sp³-hybridized carbons (Fsp3) is 0.545. The summed E-state index contributed by atoms with van der Waals surface area (Å²) < 4.78 is 5.41. The quantitative estimate of drug-likeness (QED) is 0.608. The van der Waals surface area contributed by atoms with Crippen LogP contribution in [0.25, 0.3) is 0 Å². The van der Waals surface area contributed by atoms with Crippen molar-refractivity contribution in [3.63, 3.8) is 0 Å². The van der Waals surface area contributed by atoms with Gasteiger partial charge in [0.05, 0.1) is 11.8 Å². The molecule has 0 atom stereocenters. The van der Waals surface area contributed by atoms with E-state index in [2.05, 4.69) is 0 Å². The second-order valence-corrected chi connectivity index (χ2v) is 4.49. The molecule has 68 valence electrons. The summed E-state index contributed by atoms with van der Waals surface area (Å²) in [4.78, 5) is 11.8. The van der Waals surface area contributed by atoms with E-state index in [1.54, 1.807) is 6.26 Å². The minimum Gasteiger partial charge on any atom is -0.468 e. The van der Waals surface area contributed by atoms with E-state index in [1.165, 1.54) is 12.8 Å². The van der Waals surface area contributed by atoms with Gasteiger partial charge in [-0.2, -0.15) is 0 Å². The van der Waals surface area contributed by atoms with E-state index in [9.17, 15) is 4.79 Å². The highest BCUT2D eigenvalue weighted by molar-refractivity contribution is 6.00. The summed E-state index contributed by atoms with van der Waals surface area (Å²) in [6.07, 6.45) is 5.86. The number of carbonyl (C=O) groups excluding carboxylic acids is 1. The lowest BCUT2D eigenvalue weighted by Gasteiger charge is -2.18. The molecule has 3 rings (SSSR count). The zero-order valence-electron chi connectivity index (χ0n) is 7.72. The Morgan fingerprint density at radius 2 is 2.15 bits per heavy atom. The number of aryl methyl sites for hydroxylation is 1. The van der Waals surface area contributed by atoms with E-state index in [4.69, 9.17) is 4.42 Å². The molecule has 2 heteroatoms. The van der Waals surface area contributed by atoms with Crippen molar-refractivity contribution >= 4 is 5.78 Å². The van der Waals surface area contributed by atoms with Crippen molar-refractivity contribution in [3.8, 4) is 0 Å². The Morgan fingerprint density at radius 3 is 2.85 bits per heavy atom. The SMILES string of the molecule is Cc1coc2c1C(=O)CC1(CC1)C2. The first-order valence-corrected chi connectivity index (χ1v) is 4.80. The minimum absolute atomic E-state index is 0.296. The van der Waals surface area contributed by atoms with Gasteiger partial charge < -0.3 is 4.42 Å². The third kappa shape index (κ3) is 0.916. The molecule has 0 N–H and O–H groups in total. The van der Waals surface area contributed by atoms with Crippen LogP contribution < -0.4 is 0 Å². The molecular weight excluding hydrogens is 164 g/mol. The summed E-state index contributed by atoms with van der Waals surface area (Å²) in [6, 6.07) is 0. The molecule has 0 amide bonds. The van der Waals surface area contributed by atoms with E-state index in [1.807, 2.05) is 6.92 Å². The van der Waals surface area contributed by atoms with E-state index in [0.29, 0.717) is 11.2 Å². The van der Waals surface area contributed by atoms with Gasteiger partial charge in [0.25, 0.3) is 0 Å². The predicted octanol–water partition coefficient (Wildman–Crippen LogP) is 2.50. The lowest BCUT2D eigenvalue weighted by atomic mass is 9.84. The summed E-state index contributed by atoms with van der Waals surface area (Å²) in [7, 11) is 0. The smallest absolute Gasteiger partial charge is 0.167 e. The predicted molar refractivity (Wildman–Crippen MR) is 47.8 cm³/mol. The highest BCUT2D eigenvalue weighted by Crippen LogP contribution is 2.55. The van der Waals surface area contributed by atoms with Crippen LogP contribution >= 0.6 is 0 Å². The van der Waals surface area contributed by atoms with E-state index in [0.717, 1.165) is 29.7 Å². The normalized spacial score (nSPS) is 23.3. The number of furan rings is 1. The van der Waals surface area contributed by atoms with Crippen molar-refractivity contribution < 1.29 is 9.21 Å². The molecule has 1 aromatic rings. The zero-order chi connectivity index (χ0) is 9.05. The molecule has 1 fully saturated rings. The maximum atomic E-state index is 11.8. The molecule has 0 radical (unpaired) electrons. The van der Waals surface area contributed by atoms with Gasteiger partial charge >= 0.3 is 0 Å². The molecule has 0 saturated heterocycles. The van der Waals surface area contributed by atoms with E-state index in [-0.39, 0.29) is 0 Å². The van der Waals surface area contributed by atoms with Gasteiger partial charge in [0.15, 0.2) is 5.78 Å². The second-order valence-electron chi connectivity index (χ2n) is 4.49. The molecule has 2 nitrogen and oxygen atoms in total. The molecular formula is C11H12O2. The van der Waals surface area contributed by atoms with E-state index < -0.39 is 0 Å². The molecule has 1 heterocycles. The topological polar surface area (TPSA) is 30.2 Å². The first-order chi connectivity index (χ1) is 6.20. The molecule has 2 aliphatic rings. The molecule has 1 saturated carbocycles. The van der Waals surface area contributed by atoms with E-state index >= 15 is 0 Å². The number of hydrogen-bond acceptors (Lipinski definition) is 2. The third-order valence-corrected chi connectivity index (χ3v) is 3.36. The number of hydrogen-bond donors (Lipinski definition) is 0. The van der Waals surface area contributed by atoms with Gasteiger partial charge in [0.1, 0.15) is 5.76 Å². The molecule has 1 aromatic heterocycles. The highest BCUT2D eigenvalue weighted by Gasteiger charge is 2.49. The molecule has 0 aliphatic heterocycles. The summed E-state index contributed by atoms with van der Waals surface area (Å²) in [5, 5.41) is 0. The van der Waals surface area contributed by atoms with Crippen LogP contribution in [0.1, 0.15) is 40.9 Å². The monoisotopic (exact) mass is 176 g/mol. The summed E-state index contributed by atoms with van der Waals surface area (Å²) >= 11 is 0. The van der Waals surface area contributed by atoms with Crippen LogP contribution in [0.2, 0.25) is 0 Å². The number of ketones is 1. The average Bonchev–Trinajstić information content (AvgIpc) is 2.68. The first-order valence-electron chi connectivity index (χ1n) is 4.80. The van der Waals surface area contributed by atoms with Gasteiger partial charge in [-0.3, -0.25) is 4.79 Å². The van der Waals surface area contributed by atoms with Crippen LogP contribution in [0.4, 0.5) is 0 Å². The Hall–Kier alpha value is -1.05. The molecule has 0 aromatic carbocycles. The zero-order valence-corrected chi connectivity index (χ0v) is 7.72. The number of rotatable bonds is 0. The first kappa shape index (κ1) is 7.36. The maximum Gasteiger partial charge on any atom is 0.167 e. The Bertz CT molecular complexity index is 383. The summed E-state index contributed by atoms with van der Waals surface area (Å²) in [6.45, 7) is 1.95. The third-order valence-electron chi connectivity index (χ3n) is 3.36. The van der Waals surface area contributed by atoms with Gasteiger partial charge in [-0.1, -0.05) is 0 Å². The van der Waals surface area contributed by atoms with Crippen LogP contribution in [-0.4, -0.2) is 5.78 Å². The largest absolute Gasteiger partial charge is 0.468 e. The lowest BCUT2D eigenvalue weighted by Crippen LogP contribution is -2.20. The van der Waals surface area contributed by atoms with Crippen LogP contribution in [-0.2, 0) is 6.42 Å². The van der Waals surface area contributed by atoms with Gasteiger partial charge in [0, 0.05) is 12.8 Å². The number of fused-ring (bicyclic) bond motifs is 1. The molecule has 13 heavy (non-hydrogen) atoms. The summed E-state index contributed by atoms with van der Waals surface area (Å²) in [5.41, 5.74) is 2.20. The van der Waals surface area contributed by atoms with Gasteiger partial charge in [-0.05, 0) is 30.7 Å². The Morgan fingerprint density at radius 1 is 1.38 bits per heavy atom. The van der Waals surface area contributed by atoms with Gasteiger partial charge in [-0.15, -0.1) is 0 Å². The Kier molecular flexibility index (Phi) is 1.17. The average molecular weight is 176 g/mol. The van der Waals surface area contributed by atoms with Crippen molar-refractivity contribution in [2.45, 2.75) is 32.6 Å². The van der Waals surface area contributed by atoms with Gasteiger partial charge in [0.2, 0.25) is 0 Å². The Labute approximate surface area is 76.9 Å². The highest BCUT2D eigenvalue weighted by atomic mass is 16.3. The van der Waals surface area contributed by atoms with Crippen molar-refractivity contribution in [3.05, 3.63) is 23.2 Å². The second kappa shape index (κ2) is 2.06. The molecule has 1 spiro atoms. The van der Waals surface area contributed by atoms with Crippen molar-refractivity contribution in [2.75, 3.05) is 0 Å². The van der Waals surface area contributed by atoms with Crippen LogP contribution in [0.3, 0.4) is 0 Å². The summed E-state index contributed by atoms with van der Waals surface area (Å²) in [5.74, 6) is 1.23. The Balaban J connectivity index is 2.12. The lowest BCUT2D eigenvalue weighted by molar-refractivity contribution is 0.0935. The van der Waals surface area contributed by atoms with Crippen LogP contribution in [0.5, 0.6) is 0 Å². The molecule has 2 aliphatic carbocycles. The van der Waals surface area contributed by atoms with Crippen molar-refractivity contribution in [2.24, 2.45) is 5.41 Å². The molecule has 0 unspecified atom stereocenters. The fourth-order valence-electron chi connectivity index (χ4n) is 2.37. The molecule has 0 bridgehead atoms. The van der Waals surface area contributed by atoms with Crippen molar-refractivity contribution in [1.82, 2.24) is 0 Å². The number of Topliss-reactive ketones (excluding diaryl/α,β-unsaturated/α-hetero) is 1. The number of carbonyl (C=O) groups is 1. The van der Waals surface area contributed by atoms with Gasteiger partial charge in [-0.25, -0.2) is 0 Å². The standard InChI is InChI=1S/C11H12O2/c1-7-6-13-9-5-11(2-3-11)4-8(12)10(7)9/h6H,2-5H2,1H3. The van der Waals surface area contributed by atoms with Crippen LogP contribution in [0, 0.1) is 12.3 Å². The fourth-order valence-corrected chi connectivity index (χ4v) is 2.37. The minimum atomic E-state index is 0.296. The van der Waals surface area contributed by atoms with Crippen LogP contribution in [0.15, 0.2) is 10.7 Å².